The van der Waals surface area contributed by atoms with E-state index in [1.54, 1.807) is 0 Å². The van der Waals surface area contributed by atoms with Gasteiger partial charge in [0.2, 0.25) is 0 Å². The van der Waals surface area contributed by atoms with Crippen molar-refractivity contribution in [3.8, 4) is 0 Å². The highest BCUT2D eigenvalue weighted by atomic mass is 14.8. The quantitative estimate of drug-likeness (QED) is 0.270. The zero-order valence-corrected chi connectivity index (χ0v) is 13.7. The van der Waals surface area contributed by atoms with E-state index >= 15 is 0 Å². The molecule has 24 heavy (non-hydrogen) atoms. The van der Waals surface area contributed by atoms with Gasteiger partial charge >= 0.3 is 0 Å². The topological polar surface area (TPSA) is 25.8 Å². The molecule has 114 valence electrons. The largest absolute Gasteiger partial charge is 0.245 e. The molecule has 0 saturated heterocycles. The lowest BCUT2D eigenvalue weighted by Crippen LogP contribution is -1.91. The first-order chi connectivity index (χ1) is 11.7. The second kappa shape index (κ2) is 4.75. The Balaban J connectivity index is 1.99. The second-order valence-electron chi connectivity index (χ2n) is 6.46. The molecule has 5 aromatic rings. The van der Waals surface area contributed by atoms with E-state index in [4.69, 9.17) is 9.97 Å². The van der Waals surface area contributed by atoms with Gasteiger partial charge in [-0.25, -0.2) is 9.97 Å². The van der Waals surface area contributed by atoms with Crippen LogP contribution in [0.5, 0.6) is 0 Å². The van der Waals surface area contributed by atoms with E-state index in [-0.39, 0.29) is 0 Å². The molecule has 5 rings (SSSR count). The molecule has 0 saturated carbocycles. The molecule has 2 heteroatoms. The minimum absolute atomic E-state index is 0.981. The zero-order chi connectivity index (χ0) is 16.3. The maximum Gasteiger partial charge on any atom is 0.0972 e. The average Bonchev–Trinajstić information content (AvgIpc) is 2.62. The van der Waals surface area contributed by atoms with Crippen LogP contribution >= 0.6 is 0 Å². The van der Waals surface area contributed by atoms with Crippen molar-refractivity contribution in [1.82, 2.24) is 9.97 Å². The number of hydrogen-bond acceptors (Lipinski definition) is 2. The number of nitrogens with zero attached hydrogens (tertiary/aromatic N) is 2. The Morgan fingerprint density at radius 3 is 2.04 bits per heavy atom. The van der Waals surface area contributed by atoms with Gasteiger partial charge in [-0.05, 0) is 43.2 Å². The normalized spacial score (nSPS) is 11.8. The number of hydrogen-bond donors (Lipinski definition) is 0. The smallest absolute Gasteiger partial charge is 0.0972 e. The highest BCUT2D eigenvalue weighted by Gasteiger charge is 2.09. The first kappa shape index (κ1) is 13.4. The van der Waals surface area contributed by atoms with Crippen molar-refractivity contribution in [2.75, 3.05) is 0 Å². The summed E-state index contributed by atoms with van der Waals surface area (Å²) < 4.78 is 0. The number of fused-ring (bicyclic) bond motifs is 5. The van der Waals surface area contributed by atoms with Gasteiger partial charge in [0.1, 0.15) is 0 Å². The van der Waals surface area contributed by atoms with E-state index in [1.165, 1.54) is 16.5 Å². The van der Waals surface area contributed by atoms with Gasteiger partial charge in [-0.1, -0.05) is 42.5 Å². The van der Waals surface area contributed by atoms with Crippen LogP contribution in [0.2, 0.25) is 0 Å². The summed E-state index contributed by atoms with van der Waals surface area (Å²) in [6, 6.07) is 21.3. The van der Waals surface area contributed by atoms with Gasteiger partial charge in [0.05, 0.1) is 22.1 Å². The molecule has 0 fully saturated rings. The van der Waals surface area contributed by atoms with Gasteiger partial charge in [-0.2, -0.15) is 0 Å². The Morgan fingerprint density at radius 1 is 0.583 bits per heavy atom. The lowest BCUT2D eigenvalue weighted by molar-refractivity contribution is 1.34. The van der Waals surface area contributed by atoms with E-state index < -0.39 is 0 Å². The number of benzene rings is 3. The number of pyridine rings is 2. The van der Waals surface area contributed by atoms with E-state index in [9.17, 15) is 0 Å². The Bertz CT molecular complexity index is 1270. The molecule has 0 unspecified atom stereocenters. The van der Waals surface area contributed by atoms with E-state index in [0.29, 0.717) is 0 Å². The number of rotatable bonds is 0. The van der Waals surface area contributed by atoms with Crippen LogP contribution in [0.25, 0.3) is 43.6 Å². The van der Waals surface area contributed by atoms with Gasteiger partial charge in [0.15, 0.2) is 0 Å². The summed E-state index contributed by atoms with van der Waals surface area (Å²) in [5.41, 5.74) is 6.57. The monoisotopic (exact) mass is 308 g/mol. The Hall–Kier alpha value is -3.00. The van der Waals surface area contributed by atoms with Gasteiger partial charge in [-0.15, -0.1) is 0 Å². The fourth-order valence-corrected chi connectivity index (χ4v) is 3.44. The van der Waals surface area contributed by atoms with E-state index in [2.05, 4.69) is 68.4 Å². The fourth-order valence-electron chi connectivity index (χ4n) is 3.44. The second-order valence-corrected chi connectivity index (χ2v) is 6.46. The molecule has 0 spiro atoms. The van der Waals surface area contributed by atoms with Gasteiger partial charge < -0.3 is 0 Å². The summed E-state index contributed by atoms with van der Waals surface area (Å²) in [4.78, 5) is 9.91. The van der Waals surface area contributed by atoms with Crippen LogP contribution in [0.4, 0.5) is 0 Å². The SMILES string of the molecule is Cc1ccc2cc3ccc4cc5ccccc5nc4c3nc2c1C. The molecule has 2 nitrogen and oxygen atoms in total. The summed E-state index contributed by atoms with van der Waals surface area (Å²) >= 11 is 0. The molecule has 2 heterocycles. The van der Waals surface area contributed by atoms with Crippen LogP contribution in [0, 0.1) is 13.8 Å². The lowest BCUT2D eigenvalue weighted by Gasteiger charge is -2.09. The summed E-state index contributed by atoms with van der Waals surface area (Å²) in [6.07, 6.45) is 0. The third kappa shape index (κ3) is 1.83. The minimum atomic E-state index is 0.981. The van der Waals surface area contributed by atoms with Crippen molar-refractivity contribution >= 4 is 43.6 Å². The van der Waals surface area contributed by atoms with Crippen molar-refractivity contribution in [2.45, 2.75) is 13.8 Å². The molecular weight excluding hydrogens is 292 g/mol. The molecule has 0 N–H and O–H groups in total. The zero-order valence-electron chi connectivity index (χ0n) is 13.7. The minimum Gasteiger partial charge on any atom is -0.245 e. The van der Waals surface area contributed by atoms with E-state index in [0.717, 1.165) is 38.2 Å². The summed E-state index contributed by atoms with van der Waals surface area (Å²) in [5.74, 6) is 0. The molecular formula is C22H16N2. The molecule has 2 aromatic heterocycles. The van der Waals surface area contributed by atoms with Gasteiger partial charge in [0.25, 0.3) is 0 Å². The molecule has 0 radical (unpaired) electrons. The summed E-state index contributed by atoms with van der Waals surface area (Å²) in [6.45, 7) is 4.28. The predicted molar refractivity (Wildman–Crippen MR) is 102 cm³/mol. The molecule has 0 aliphatic heterocycles. The molecule has 0 bridgehead atoms. The van der Waals surface area contributed by atoms with Crippen LogP contribution in [0.15, 0.2) is 60.7 Å². The highest BCUT2D eigenvalue weighted by Crippen LogP contribution is 2.29. The van der Waals surface area contributed by atoms with Crippen molar-refractivity contribution in [3.05, 3.63) is 71.8 Å². The maximum absolute atomic E-state index is 5.01. The first-order valence-corrected chi connectivity index (χ1v) is 8.20. The van der Waals surface area contributed by atoms with E-state index in [1.807, 2.05) is 6.07 Å². The standard InChI is InChI=1S/C22H16N2/c1-13-7-8-16-12-18-10-9-17-11-15-5-3-4-6-19(15)23-21(17)22(18)24-20(16)14(13)2/h3-12H,1-2H3. The first-order valence-electron chi connectivity index (χ1n) is 8.20. The van der Waals surface area contributed by atoms with Crippen LogP contribution in [-0.4, -0.2) is 9.97 Å². The third-order valence-electron chi connectivity index (χ3n) is 4.96. The van der Waals surface area contributed by atoms with Crippen molar-refractivity contribution < 1.29 is 0 Å². The fraction of sp³-hybridized carbons (Fsp3) is 0.0909. The number of aromatic nitrogens is 2. The predicted octanol–water partition coefficient (Wildman–Crippen LogP) is 5.71. The molecule has 0 aliphatic rings. The molecule has 3 aromatic carbocycles. The summed E-state index contributed by atoms with van der Waals surface area (Å²) in [5, 5.41) is 4.63. The van der Waals surface area contributed by atoms with Crippen LogP contribution in [0.1, 0.15) is 11.1 Å². The highest BCUT2D eigenvalue weighted by molar-refractivity contribution is 6.09. The van der Waals surface area contributed by atoms with Crippen molar-refractivity contribution in [3.63, 3.8) is 0 Å². The third-order valence-corrected chi connectivity index (χ3v) is 4.96. The van der Waals surface area contributed by atoms with Crippen LogP contribution < -0.4 is 0 Å². The van der Waals surface area contributed by atoms with Gasteiger partial charge in [-0.3, -0.25) is 0 Å². The van der Waals surface area contributed by atoms with Crippen LogP contribution in [-0.2, 0) is 0 Å². The van der Waals surface area contributed by atoms with Crippen LogP contribution in [0.3, 0.4) is 0 Å². The Morgan fingerprint density at radius 2 is 1.21 bits per heavy atom. The average molecular weight is 308 g/mol. The summed E-state index contributed by atoms with van der Waals surface area (Å²) in [7, 11) is 0. The number of aryl methyl sites for hydroxylation is 2. The molecule has 0 aliphatic carbocycles. The Kier molecular flexibility index (Phi) is 2.66. The maximum atomic E-state index is 5.01. The van der Waals surface area contributed by atoms with Gasteiger partial charge in [0, 0.05) is 21.5 Å². The lowest BCUT2D eigenvalue weighted by atomic mass is 10.0. The van der Waals surface area contributed by atoms with Crippen molar-refractivity contribution in [1.29, 1.82) is 0 Å². The van der Waals surface area contributed by atoms with Crippen molar-refractivity contribution in [2.24, 2.45) is 0 Å². The molecule has 0 atom stereocenters. The Labute approximate surface area is 139 Å². The molecule has 0 amide bonds. The number of para-hydroxylation sites is 1.